The van der Waals surface area contributed by atoms with Gasteiger partial charge in [0.1, 0.15) is 10.0 Å². The van der Waals surface area contributed by atoms with Crippen molar-refractivity contribution in [2.45, 2.75) is 11.3 Å². The van der Waals surface area contributed by atoms with Crippen molar-refractivity contribution in [1.82, 2.24) is 14.7 Å². The first-order valence-electron chi connectivity index (χ1n) is 5.68. The normalized spacial score (nSPS) is 11.5. The predicted octanol–water partition coefficient (Wildman–Crippen LogP) is 2.30. The molecule has 2 rings (SSSR count). The van der Waals surface area contributed by atoms with Gasteiger partial charge in [-0.1, -0.05) is 23.2 Å². The molecule has 0 spiro atoms. The van der Waals surface area contributed by atoms with Gasteiger partial charge < -0.3 is 0 Å². The fourth-order valence-electron chi connectivity index (χ4n) is 1.51. The number of hydrogen-bond acceptors (Lipinski definition) is 4. The summed E-state index contributed by atoms with van der Waals surface area (Å²) in [5.74, 6) is 0. The van der Waals surface area contributed by atoms with Gasteiger partial charge in [0.2, 0.25) is 10.0 Å². The highest BCUT2D eigenvalue weighted by atomic mass is 35.5. The third kappa shape index (κ3) is 3.89. The third-order valence-corrected chi connectivity index (χ3v) is 4.65. The molecule has 0 fully saturated rings. The van der Waals surface area contributed by atoms with E-state index in [-0.39, 0.29) is 21.6 Å². The Bertz CT molecular complexity index is 693. The lowest BCUT2D eigenvalue weighted by atomic mass is 10.2. The van der Waals surface area contributed by atoms with Gasteiger partial charge in [-0.3, -0.25) is 4.98 Å². The van der Waals surface area contributed by atoms with Crippen LogP contribution in [0.1, 0.15) is 5.56 Å². The maximum absolute atomic E-state index is 12.0. The summed E-state index contributed by atoms with van der Waals surface area (Å²) in [4.78, 5) is 7.60. The molecule has 2 aromatic heterocycles. The van der Waals surface area contributed by atoms with Crippen LogP contribution in [-0.2, 0) is 16.4 Å². The first kappa shape index (κ1) is 15.2. The zero-order valence-electron chi connectivity index (χ0n) is 10.3. The van der Waals surface area contributed by atoms with Crippen LogP contribution in [0.2, 0.25) is 10.2 Å². The van der Waals surface area contributed by atoms with Crippen LogP contribution in [0.3, 0.4) is 0 Å². The monoisotopic (exact) mass is 331 g/mol. The van der Waals surface area contributed by atoms with Crippen LogP contribution in [0, 0.1) is 0 Å². The fraction of sp³-hybridized carbons (Fsp3) is 0.167. The van der Waals surface area contributed by atoms with Crippen molar-refractivity contribution in [1.29, 1.82) is 0 Å². The summed E-state index contributed by atoms with van der Waals surface area (Å²) in [5, 5.41) is 0.172. The van der Waals surface area contributed by atoms with Crippen LogP contribution >= 0.6 is 23.2 Å². The molecule has 106 valence electrons. The van der Waals surface area contributed by atoms with Crippen molar-refractivity contribution in [2.75, 3.05) is 6.54 Å². The van der Waals surface area contributed by atoms with Crippen LogP contribution < -0.4 is 4.72 Å². The molecule has 0 bridgehead atoms. The van der Waals surface area contributed by atoms with E-state index < -0.39 is 10.0 Å². The molecule has 0 atom stereocenters. The fourth-order valence-corrected chi connectivity index (χ4v) is 2.85. The van der Waals surface area contributed by atoms with Gasteiger partial charge >= 0.3 is 0 Å². The molecule has 0 saturated carbocycles. The molecule has 2 heterocycles. The van der Waals surface area contributed by atoms with E-state index in [1.807, 2.05) is 12.1 Å². The number of nitrogens with one attached hydrogen (secondary N) is 1. The lowest BCUT2D eigenvalue weighted by Gasteiger charge is -2.07. The lowest BCUT2D eigenvalue weighted by Crippen LogP contribution is -2.26. The molecule has 0 aromatic carbocycles. The van der Waals surface area contributed by atoms with Gasteiger partial charge in [0.15, 0.2) is 0 Å². The SMILES string of the molecule is O=S(=O)(NCCc1ccncc1)c1cnc(Cl)c(Cl)c1. The van der Waals surface area contributed by atoms with Crippen molar-refractivity contribution in [3.63, 3.8) is 0 Å². The summed E-state index contributed by atoms with van der Waals surface area (Å²) in [6, 6.07) is 4.93. The Morgan fingerprint density at radius 2 is 1.90 bits per heavy atom. The summed E-state index contributed by atoms with van der Waals surface area (Å²) in [5.41, 5.74) is 0.995. The van der Waals surface area contributed by atoms with Gasteiger partial charge in [-0.05, 0) is 30.2 Å². The van der Waals surface area contributed by atoms with Crippen LogP contribution in [0.25, 0.3) is 0 Å². The van der Waals surface area contributed by atoms with E-state index in [1.165, 1.54) is 12.3 Å². The Morgan fingerprint density at radius 1 is 1.20 bits per heavy atom. The van der Waals surface area contributed by atoms with Crippen LogP contribution in [0.15, 0.2) is 41.7 Å². The van der Waals surface area contributed by atoms with E-state index >= 15 is 0 Å². The molecule has 2 aromatic rings. The zero-order valence-corrected chi connectivity index (χ0v) is 12.6. The number of sulfonamides is 1. The average Bonchev–Trinajstić information content (AvgIpc) is 2.43. The molecule has 0 radical (unpaired) electrons. The summed E-state index contributed by atoms with van der Waals surface area (Å²) < 4.78 is 26.5. The van der Waals surface area contributed by atoms with Gasteiger partial charge in [0, 0.05) is 25.1 Å². The average molecular weight is 332 g/mol. The third-order valence-electron chi connectivity index (χ3n) is 2.54. The lowest BCUT2D eigenvalue weighted by molar-refractivity contribution is 0.581. The maximum atomic E-state index is 12.0. The molecule has 0 aliphatic heterocycles. The summed E-state index contributed by atoms with van der Waals surface area (Å²) >= 11 is 11.4. The van der Waals surface area contributed by atoms with Crippen molar-refractivity contribution in [3.05, 3.63) is 52.5 Å². The molecule has 0 aliphatic carbocycles. The number of pyridine rings is 2. The minimum absolute atomic E-state index is 0.0124. The second kappa shape index (κ2) is 6.49. The van der Waals surface area contributed by atoms with E-state index in [1.54, 1.807) is 12.4 Å². The predicted molar refractivity (Wildman–Crippen MR) is 77.4 cm³/mol. The standard InChI is InChI=1S/C12H11Cl2N3O2S/c13-11-7-10(8-16-12(11)14)20(18,19)17-6-3-9-1-4-15-5-2-9/h1-2,4-5,7-8,17H,3,6H2. The van der Waals surface area contributed by atoms with Gasteiger partial charge in [0.25, 0.3) is 0 Å². The molecule has 0 saturated heterocycles. The molecule has 0 amide bonds. The van der Waals surface area contributed by atoms with Crippen LogP contribution in [0.4, 0.5) is 0 Å². The number of halogens is 2. The number of aromatic nitrogens is 2. The molecule has 5 nitrogen and oxygen atoms in total. The van der Waals surface area contributed by atoms with Crippen LogP contribution in [-0.4, -0.2) is 24.9 Å². The van der Waals surface area contributed by atoms with E-state index in [9.17, 15) is 8.42 Å². The first-order chi connectivity index (χ1) is 9.49. The minimum atomic E-state index is -3.64. The summed E-state index contributed by atoms with van der Waals surface area (Å²) in [6.45, 7) is 0.270. The first-order valence-corrected chi connectivity index (χ1v) is 7.92. The van der Waals surface area contributed by atoms with Gasteiger partial charge in [-0.15, -0.1) is 0 Å². The topological polar surface area (TPSA) is 72.0 Å². The smallest absolute Gasteiger partial charge is 0.242 e. The summed E-state index contributed by atoms with van der Waals surface area (Å²) in [7, 11) is -3.64. The van der Waals surface area contributed by atoms with Crippen molar-refractivity contribution >= 4 is 33.2 Å². The van der Waals surface area contributed by atoms with Gasteiger partial charge in [-0.2, -0.15) is 0 Å². The molecular weight excluding hydrogens is 321 g/mol. The zero-order chi connectivity index (χ0) is 14.6. The quantitative estimate of drug-likeness (QED) is 0.853. The Labute approximate surface area is 127 Å². The highest BCUT2D eigenvalue weighted by Gasteiger charge is 2.15. The number of nitrogens with zero attached hydrogens (tertiary/aromatic N) is 2. The largest absolute Gasteiger partial charge is 0.265 e. The highest BCUT2D eigenvalue weighted by molar-refractivity contribution is 7.89. The summed E-state index contributed by atoms with van der Waals surface area (Å²) in [6.07, 6.45) is 5.05. The van der Waals surface area contributed by atoms with Crippen molar-refractivity contribution in [2.24, 2.45) is 0 Å². The Hall–Kier alpha value is -1.21. The molecule has 20 heavy (non-hydrogen) atoms. The molecule has 1 N–H and O–H groups in total. The second-order valence-electron chi connectivity index (χ2n) is 3.95. The maximum Gasteiger partial charge on any atom is 0.242 e. The van der Waals surface area contributed by atoms with E-state index in [0.717, 1.165) is 5.56 Å². The molecule has 0 aliphatic rings. The molecular formula is C12H11Cl2N3O2S. The second-order valence-corrected chi connectivity index (χ2v) is 6.48. The van der Waals surface area contributed by atoms with E-state index in [2.05, 4.69) is 14.7 Å². The Morgan fingerprint density at radius 3 is 2.55 bits per heavy atom. The molecule has 0 unspecified atom stereocenters. The van der Waals surface area contributed by atoms with E-state index in [0.29, 0.717) is 6.42 Å². The van der Waals surface area contributed by atoms with Gasteiger partial charge in [-0.25, -0.2) is 18.1 Å². The molecule has 8 heteroatoms. The van der Waals surface area contributed by atoms with Crippen molar-refractivity contribution in [3.8, 4) is 0 Å². The van der Waals surface area contributed by atoms with Crippen molar-refractivity contribution < 1.29 is 8.42 Å². The Kier molecular flexibility index (Phi) is 4.93. The van der Waals surface area contributed by atoms with E-state index in [4.69, 9.17) is 23.2 Å². The number of hydrogen-bond donors (Lipinski definition) is 1. The highest BCUT2D eigenvalue weighted by Crippen LogP contribution is 2.21. The Balaban J connectivity index is 2.02. The minimum Gasteiger partial charge on any atom is -0.265 e. The number of rotatable bonds is 5. The van der Waals surface area contributed by atoms with Crippen LogP contribution in [0.5, 0.6) is 0 Å². The van der Waals surface area contributed by atoms with Gasteiger partial charge in [0.05, 0.1) is 5.02 Å².